The molecule has 27 heavy (non-hydrogen) atoms. The van der Waals surface area contributed by atoms with Crippen LogP contribution < -0.4 is 10.0 Å². The van der Waals surface area contributed by atoms with Gasteiger partial charge in [-0.3, -0.25) is 19.6 Å². The fourth-order valence-corrected chi connectivity index (χ4v) is 4.31. The molecule has 1 aliphatic heterocycles. The monoisotopic (exact) mass is 390 g/mol. The van der Waals surface area contributed by atoms with Crippen molar-refractivity contribution in [2.24, 2.45) is 0 Å². The van der Waals surface area contributed by atoms with Crippen LogP contribution in [0.2, 0.25) is 0 Å². The van der Waals surface area contributed by atoms with Crippen LogP contribution in [0.4, 0.5) is 10.1 Å². The quantitative estimate of drug-likeness (QED) is 0.768. The number of hydrogen-bond acceptors (Lipinski definition) is 4. The van der Waals surface area contributed by atoms with Gasteiger partial charge in [-0.1, -0.05) is 19.1 Å². The smallest absolute Gasteiger partial charge is 0.261 e. The van der Waals surface area contributed by atoms with Gasteiger partial charge in [0.05, 0.1) is 10.3 Å². The zero-order valence-electron chi connectivity index (χ0n) is 14.7. The molecule has 1 saturated heterocycles. The van der Waals surface area contributed by atoms with E-state index in [1.165, 1.54) is 12.1 Å². The number of sulfonamides is 1. The van der Waals surface area contributed by atoms with Gasteiger partial charge in [0.2, 0.25) is 11.8 Å². The van der Waals surface area contributed by atoms with Gasteiger partial charge in [0.1, 0.15) is 5.82 Å². The fourth-order valence-electron chi connectivity index (χ4n) is 3.25. The maximum atomic E-state index is 13.0. The summed E-state index contributed by atoms with van der Waals surface area (Å²) in [5.74, 6) is -1.14. The van der Waals surface area contributed by atoms with E-state index in [-0.39, 0.29) is 23.1 Å². The number of benzene rings is 2. The van der Waals surface area contributed by atoms with Crippen LogP contribution in [0.3, 0.4) is 0 Å². The summed E-state index contributed by atoms with van der Waals surface area (Å²) < 4.78 is 40.2. The van der Waals surface area contributed by atoms with Crippen LogP contribution in [0.25, 0.3) is 0 Å². The van der Waals surface area contributed by atoms with Crippen molar-refractivity contribution in [3.63, 3.8) is 0 Å². The summed E-state index contributed by atoms with van der Waals surface area (Å²) in [7, 11) is -3.85. The number of halogens is 1. The summed E-state index contributed by atoms with van der Waals surface area (Å²) in [5, 5.41) is 2.38. The summed E-state index contributed by atoms with van der Waals surface area (Å²) in [6.07, 6.45) is 1.19. The van der Waals surface area contributed by atoms with Gasteiger partial charge in [-0.25, -0.2) is 12.8 Å². The van der Waals surface area contributed by atoms with Crippen LogP contribution in [0, 0.1) is 5.82 Å². The van der Waals surface area contributed by atoms with Crippen molar-refractivity contribution in [1.82, 2.24) is 5.32 Å². The Bertz CT molecular complexity index is 972. The normalized spacial score (nSPS) is 20.2. The topological polar surface area (TPSA) is 92.3 Å². The summed E-state index contributed by atoms with van der Waals surface area (Å²) in [4.78, 5) is 23.8. The van der Waals surface area contributed by atoms with E-state index in [1.54, 1.807) is 24.3 Å². The number of piperidine rings is 1. The molecule has 0 saturated carbocycles. The average molecular weight is 390 g/mol. The highest BCUT2D eigenvalue weighted by Crippen LogP contribution is 2.36. The minimum atomic E-state index is -3.85. The predicted octanol–water partition coefficient (Wildman–Crippen LogP) is 2.71. The van der Waals surface area contributed by atoms with E-state index in [0.717, 1.165) is 17.7 Å². The molecule has 1 aliphatic rings. The highest BCUT2D eigenvalue weighted by atomic mass is 32.2. The summed E-state index contributed by atoms with van der Waals surface area (Å²) in [6.45, 7) is 1.88. The highest BCUT2D eigenvalue weighted by Gasteiger charge is 2.42. The first-order valence-corrected chi connectivity index (χ1v) is 9.98. The second-order valence-corrected chi connectivity index (χ2v) is 8.13. The van der Waals surface area contributed by atoms with Crippen molar-refractivity contribution in [3.05, 3.63) is 59.9 Å². The minimum absolute atomic E-state index is 0.0526. The first kappa shape index (κ1) is 19.0. The number of anilines is 1. The summed E-state index contributed by atoms with van der Waals surface area (Å²) >= 11 is 0. The molecule has 3 rings (SSSR count). The first-order valence-electron chi connectivity index (χ1n) is 8.50. The van der Waals surface area contributed by atoms with Crippen LogP contribution >= 0.6 is 0 Å². The van der Waals surface area contributed by atoms with E-state index in [9.17, 15) is 22.4 Å². The zero-order chi connectivity index (χ0) is 19.7. The number of carbonyl (C=O) groups is 2. The molecule has 0 unspecified atom stereocenters. The molecule has 0 aliphatic carbocycles. The molecule has 1 atom stereocenters. The number of rotatable bonds is 5. The van der Waals surface area contributed by atoms with Crippen LogP contribution in [0.15, 0.2) is 53.4 Å². The Balaban J connectivity index is 1.84. The van der Waals surface area contributed by atoms with Crippen molar-refractivity contribution in [3.8, 4) is 0 Å². The molecule has 2 aromatic rings. The van der Waals surface area contributed by atoms with Crippen molar-refractivity contribution in [1.29, 1.82) is 0 Å². The summed E-state index contributed by atoms with van der Waals surface area (Å²) in [6, 6.07) is 11.0. The number of nitrogens with one attached hydrogen (secondary N) is 2. The van der Waals surface area contributed by atoms with Crippen molar-refractivity contribution in [2.75, 3.05) is 4.72 Å². The standard InChI is InChI=1S/C19H19FN2O4S/c1-2-19(12-11-17(23)21-18(19)24)13-3-7-15(8-4-13)22-27(25,26)16-9-5-14(20)6-10-16/h3-10,22H,2,11-12H2,1H3,(H,21,23,24)/t19-/m1/s1. The van der Waals surface area contributed by atoms with Gasteiger partial charge in [-0.05, 0) is 54.8 Å². The van der Waals surface area contributed by atoms with E-state index >= 15 is 0 Å². The van der Waals surface area contributed by atoms with Gasteiger partial charge in [0, 0.05) is 12.1 Å². The van der Waals surface area contributed by atoms with Gasteiger partial charge in [0.25, 0.3) is 10.0 Å². The molecule has 0 bridgehead atoms. The van der Waals surface area contributed by atoms with Gasteiger partial charge in [-0.2, -0.15) is 0 Å². The van der Waals surface area contributed by atoms with Crippen LogP contribution in [0.5, 0.6) is 0 Å². The Hall–Kier alpha value is -2.74. The molecule has 6 nitrogen and oxygen atoms in total. The van der Waals surface area contributed by atoms with E-state index in [0.29, 0.717) is 18.5 Å². The van der Waals surface area contributed by atoms with Gasteiger partial charge >= 0.3 is 0 Å². The SMILES string of the molecule is CC[C@]1(c2ccc(NS(=O)(=O)c3ccc(F)cc3)cc2)CCC(=O)NC1=O. The molecule has 8 heteroatoms. The van der Waals surface area contributed by atoms with Crippen molar-refractivity contribution < 1.29 is 22.4 Å². The van der Waals surface area contributed by atoms with Gasteiger partial charge in [-0.15, -0.1) is 0 Å². The number of imide groups is 1. The minimum Gasteiger partial charge on any atom is -0.296 e. The second-order valence-electron chi connectivity index (χ2n) is 6.45. The Morgan fingerprint density at radius 1 is 1.07 bits per heavy atom. The molecule has 2 aromatic carbocycles. The third kappa shape index (κ3) is 3.71. The Labute approximate surface area is 156 Å². The lowest BCUT2D eigenvalue weighted by molar-refractivity contribution is -0.138. The number of carbonyl (C=O) groups excluding carboxylic acids is 2. The fraction of sp³-hybridized carbons (Fsp3) is 0.263. The zero-order valence-corrected chi connectivity index (χ0v) is 15.5. The molecule has 2 N–H and O–H groups in total. The highest BCUT2D eigenvalue weighted by molar-refractivity contribution is 7.92. The van der Waals surface area contributed by atoms with Crippen LogP contribution in [0.1, 0.15) is 31.7 Å². The lowest BCUT2D eigenvalue weighted by Gasteiger charge is -2.35. The largest absolute Gasteiger partial charge is 0.296 e. The van der Waals surface area contributed by atoms with Gasteiger partial charge < -0.3 is 0 Å². The molecule has 0 spiro atoms. The predicted molar refractivity (Wildman–Crippen MR) is 98.0 cm³/mol. The van der Waals surface area contributed by atoms with Gasteiger partial charge in [0.15, 0.2) is 0 Å². The third-order valence-electron chi connectivity index (χ3n) is 4.88. The summed E-state index contributed by atoms with van der Waals surface area (Å²) in [5.41, 5.74) is 0.240. The molecule has 0 radical (unpaired) electrons. The number of amides is 2. The van der Waals surface area contributed by atoms with E-state index in [4.69, 9.17) is 0 Å². The number of hydrogen-bond donors (Lipinski definition) is 2. The Kier molecular flexibility index (Phi) is 5.01. The molecule has 1 heterocycles. The average Bonchev–Trinajstić information content (AvgIpc) is 2.63. The molecule has 1 fully saturated rings. The second kappa shape index (κ2) is 7.11. The Morgan fingerprint density at radius 2 is 1.70 bits per heavy atom. The molecule has 142 valence electrons. The van der Waals surface area contributed by atoms with Crippen molar-refractivity contribution in [2.45, 2.75) is 36.5 Å². The molecule has 0 aromatic heterocycles. The van der Waals surface area contributed by atoms with E-state index in [1.807, 2.05) is 6.92 Å². The first-order chi connectivity index (χ1) is 12.8. The molecular weight excluding hydrogens is 371 g/mol. The van der Waals surface area contributed by atoms with Crippen LogP contribution in [-0.2, 0) is 25.0 Å². The third-order valence-corrected chi connectivity index (χ3v) is 6.28. The van der Waals surface area contributed by atoms with Crippen LogP contribution in [-0.4, -0.2) is 20.2 Å². The molecule has 2 amide bonds. The lowest BCUT2D eigenvalue weighted by Crippen LogP contribution is -2.51. The maximum Gasteiger partial charge on any atom is 0.261 e. The molecular formula is C19H19FN2O4S. The maximum absolute atomic E-state index is 13.0. The Morgan fingerprint density at radius 3 is 2.26 bits per heavy atom. The van der Waals surface area contributed by atoms with E-state index in [2.05, 4.69) is 10.0 Å². The lowest BCUT2D eigenvalue weighted by atomic mass is 9.72. The van der Waals surface area contributed by atoms with Crippen molar-refractivity contribution >= 4 is 27.5 Å². The van der Waals surface area contributed by atoms with E-state index < -0.39 is 21.3 Å².